The van der Waals surface area contributed by atoms with Gasteiger partial charge in [0.15, 0.2) is 0 Å². The summed E-state index contributed by atoms with van der Waals surface area (Å²) in [4.78, 5) is 39.1. The molecule has 152 valence electrons. The van der Waals surface area contributed by atoms with Crippen molar-refractivity contribution < 1.29 is 14.8 Å². The molecule has 0 aliphatic carbocycles. The molecule has 0 bridgehead atoms. The van der Waals surface area contributed by atoms with E-state index in [1.807, 2.05) is 43.3 Å². The Kier molecular flexibility index (Phi) is 8.08. The van der Waals surface area contributed by atoms with E-state index in [2.05, 4.69) is 25.8 Å². The van der Waals surface area contributed by atoms with E-state index < -0.39 is 11.8 Å². The van der Waals surface area contributed by atoms with Crippen molar-refractivity contribution in [1.29, 1.82) is 0 Å². The predicted molar refractivity (Wildman–Crippen MR) is 106 cm³/mol. The van der Waals surface area contributed by atoms with Gasteiger partial charge in [-0.05, 0) is 24.8 Å². The number of thiophene rings is 1. The molecule has 1 unspecified atom stereocenters. The summed E-state index contributed by atoms with van der Waals surface area (Å²) in [6.45, 7) is 4.50. The van der Waals surface area contributed by atoms with E-state index in [0.717, 1.165) is 11.4 Å². The minimum absolute atomic E-state index is 0.129. The smallest absolute Gasteiger partial charge is 0.246 e. The molecule has 2 aromatic rings. The van der Waals surface area contributed by atoms with Crippen LogP contribution in [0.3, 0.4) is 0 Å². The molecule has 2 amide bonds. The highest BCUT2D eigenvalue weighted by Crippen LogP contribution is 2.16. The number of anilines is 2. The van der Waals surface area contributed by atoms with Crippen molar-refractivity contribution in [3.63, 3.8) is 0 Å². The van der Waals surface area contributed by atoms with Crippen LogP contribution in [0.1, 0.15) is 24.5 Å². The second-order valence-electron chi connectivity index (χ2n) is 6.07. The van der Waals surface area contributed by atoms with Gasteiger partial charge < -0.3 is 4.90 Å². The average Bonchev–Trinajstić information content (AvgIpc) is 3.23. The fourth-order valence-corrected chi connectivity index (χ4v) is 3.12. The van der Waals surface area contributed by atoms with E-state index in [-0.39, 0.29) is 18.9 Å². The Labute approximate surface area is 167 Å². The van der Waals surface area contributed by atoms with E-state index in [1.165, 1.54) is 11.3 Å². The molecule has 0 saturated heterocycles. The van der Waals surface area contributed by atoms with Crippen LogP contribution >= 0.6 is 11.3 Å². The molecule has 1 atom stereocenters. The molecule has 2 rings (SSSR count). The summed E-state index contributed by atoms with van der Waals surface area (Å²) in [7, 11) is 1.86. The van der Waals surface area contributed by atoms with Crippen LogP contribution in [0.4, 0.5) is 11.9 Å². The van der Waals surface area contributed by atoms with Gasteiger partial charge >= 0.3 is 0 Å². The van der Waals surface area contributed by atoms with Crippen molar-refractivity contribution in [3.8, 4) is 0 Å². The molecule has 2 aromatic heterocycles. The highest BCUT2D eigenvalue weighted by Gasteiger charge is 2.22. The largest absolute Gasteiger partial charge is 0.344 e. The van der Waals surface area contributed by atoms with E-state index in [0.29, 0.717) is 29.7 Å². The molecule has 0 saturated carbocycles. The lowest BCUT2D eigenvalue weighted by molar-refractivity contribution is -0.154. The van der Waals surface area contributed by atoms with Crippen molar-refractivity contribution in [2.75, 3.05) is 30.5 Å². The van der Waals surface area contributed by atoms with Crippen molar-refractivity contribution in [1.82, 2.24) is 25.4 Å². The molecule has 0 aliphatic heterocycles. The van der Waals surface area contributed by atoms with Gasteiger partial charge in [-0.3, -0.25) is 25.6 Å². The van der Waals surface area contributed by atoms with Crippen LogP contribution in [0, 0.1) is 5.92 Å². The number of hydrogen-bond donors (Lipinski definition) is 3. The monoisotopic (exact) mass is 407 g/mol. The lowest BCUT2D eigenvalue weighted by Gasteiger charge is -2.20. The van der Waals surface area contributed by atoms with Gasteiger partial charge in [0.25, 0.3) is 0 Å². The first kappa shape index (κ1) is 21.5. The highest BCUT2D eigenvalue weighted by molar-refractivity contribution is 7.09. The van der Waals surface area contributed by atoms with Crippen molar-refractivity contribution in [2.24, 2.45) is 5.92 Å². The maximum atomic E-state index is 12.6. The SMILES string of the molecule is CCc1nc(NNC(=O)C(Cc2cccs2)CN(O)C=O)nc(N(C)CC)n1. The number of aromatic nitrogens is 3. The van der Waals surface area contributed by atoms with E-state index in [1.54, 1.807) is 0 Å². The lowest BCUT2D eigenvalue weighted by Crippen LogP contribution is -2.41. The van der Waals surface area contributed by atoms with Gasteiger partial charge in [0.05, 0.1) is 12.5 Å². The number of nitrogens with zero attached hydrogens (tertiary/aromatic N) is 5. The third-order valence-corrected chi connectivity index (χ3v) is 4.93. The van der Waals surface area contributed by atoms with E-state index in [9.17, 15) is 14.8 Å². The van der Waals surface area contributed by atoms with Gasteiger partial charge in [-0.2, -0.15) is 15.0 Å². The molecule has 0 aromatic carbocycles. The Bertz CT molecular complexity index is 772. The normalized spacial score (nSPS) is 11.6. The summed E-state index contributed by atoms with van der Waals surface area (Å²) < 4.78 is 0. The van der Waals surface area contributed by atoms with Crippen LogP contribution in [-0.2, 0) is 22.4 Å². The molecular formula is C17H25N7O3S. The van der Waals surface area contributed by atoms with Crippen LogP contribution < -0.4 is 15.8 Å². The van der Waals surface area contributed by atoms with Gasteiger partial charge in [-0.25, -0.2) is 5.06 Å². The summed E-state index contributed by atoms with van der Waals surface area (Å²) in [5, 5.41) is 11.9. The number of aryl methyl sites for hydroxylation is 1. The van der Waals surface area contributed by atoms with Crippen LogP contribution in [0.5, 0.6) is 0 Å². The Morgan fingerprint density at radius 1 is 1.36 bits per heavy atom. The molecule has 0 radical (unpaired) electrons. The minimum atomic E-state index is -0.647. The minimum Gasteiger partial charge on any atom is -0.344 e. The molecule has 10 nitrogen and oxygen atoms in total. The number of hydroxylamine groups is 2. The molecule has 2 heterocycles. The second kappa shape index (κ2) is 10.5. The zero-order valence-electron chi connectivity index (χ0n) is 16.1. The third-order valence-electron chi connectivity index (χ3n) is 4.03. The van der Waals surface area contributed by atoms with Gasteiger partial charge in [-0.15, -0.1) is 11.3 Å². The van der Waals surface area contributed by atoms with Crippen LogP contribution in [0.25, 0.3) is 0 Å². The summed E-state index contributed by atoms with van der Waals surface area (Å²) in [5.74, 6) is 0.287. The molecule has 0 aliphatic rings. The number of hydrazine groups is 1. The second-order valence-corrected chi connectivity index (χ2v) is 7.10. The summed E-state index contributed by atoms with van der Waals surface area (Å²) in [6.07, 6.45) is 1.28. The van der Waals surface area contributed by atoms with Gasteiger partial charge in [0.1, 0.15) is 5.82 Å². The Hall–Kier alpha value is -2.79. The van der Waals surface area contributed by atoms with E-state index >= 15 is 0 Å². The Balaban J connectivity index is 2.09. The predicted octanol–water partition coefficient (Wildman–Crippen LogP) is 1.10. The maximum Gasteiger partial charge on any atom is 0.246 e. The number of carbonyl (C=O) groups excluding carboxylic acids is 2. The summed E-state index contributed by atoms with van der Waals surface area (Å²) in [6, 6.07) is 3.78. The maximum absolute atomic E-state index is 12.6. The number of carbonyl (C=O) groups is 2. The summed E-state index contributed by atoms with van der Waals surface area (Å²) in [5.41, 5.74) is 5.28. The topological polar surface area (TPSA) is 124 Å². The Morgan fingerprint density at radius 2 is 2.14 bits per heavy atom. The first-order valence-corrected chi connectivity index (χ1v) is 9.79. The zero-order valence-corrected chi connectivity index (χ0v) is 16.9. The standard InChI is InChI=1S/C17H25N7O3S/c1-4-14-18-16(20-17(19-14)23(3)5-2)22-21-15(26)12(10-24(27)11-25)9-13-7-6-8-28-13/h6-8,11-12,27H,4-5,9-10H2,1-3H3,(H,21,26)(H,18,19,20,22). The molecule has 3 N–H and O–H groups in total. The van der Waals surface area contributed by atoms with Crippen LogP contribution in [0.2, 0.25) is 0 Å². The molecular weight excluding hydrogens is 382 g/mol. The number of amides is 2. The number of nitrogens with one attached hydrogen (secondary N) is 2. The molecule has 11 heteroatoms. The van der Waals surface area contributed by atoms with Crippen LogP contribution in [-0.4, -0.2) is 57.7 Å². The molecule has 0 fully saturated rings. The van der Waals surface area contributed by atoms with Gasteiger partial charge in [-0.1, -0.05) is 13.0 Å². The highest BCUT2D eigenvalue weighted by atomic mass is 32.1. The fourth-order valence-electron chi connectivity index (χ4n) is 2.33. The average molecular weight is 408 g/mol. The first-order valence-electron chi connectivity index (χ1n) is 8.91. The quantitative estimate of drug-likeness (QED) is 0.287. The zero-order chi connectivity index (χ0) is 20.5. The van der Waals surface area contributed by atoms with Crippen molar-refractivity contribution in [2.45, 2.75) is 26.7 Å². The third kappa shape index (κ3) is 6.13. The number of rotatable bonds is 11. The molecule has 28 heavy (non-hydrogen) atoms. The van der Waals surface area contributed by atoms with Crippen molar-refractivity contribution >= 4 is 35.6 Å². The Morgan fingerprint density at radius 3 is 2.75 bits per heavy atom. The van der Waals surface area contributed by atoms with Gasteiger partial charge in [0.2, 0.25) is 24.2 Å². The first-order chi connectivity index (χ1) is 13.5. The van der Waals surface area contributed by atoms with Gasteiger partial charge in [0, 0.05) is 24.9 Å². The molecule has 0 spiro atoms. The lowest BCUT2D eigenvalue weighted by atomic mass is 10.0. The van der Waals surface area contributed by atoms with Crippen molar-refractivity contribution in [3.05, 3.63) is 28.2 Å². The number of hydrogen-bond acceptors (Lipinski definition) is 9. The summed E-state index contributed by atoms with van der Waals surface area (Å²) >= 11 is 1.50. The van der Waals surface area contributed by atoms with E-state index in [4.69, 9.17) is 0 Å². The van der Waals surface area contributed by atoms with Crippen LogP contribution in [0.15, 0.2) is 17.5 Å². The fraction of sp³-hybridized carbons (Fsp3) is 0.471.